The molecule has 0 bridgehead atoms. The molecule has 112 valence electrons. The number of nitrogens with zero attached hydrogens (tertiary/aromatic N) is 2. The summed E-state index contributed by atoms with van der Waals surface area (Å²) in [4.78, 5) is 15.9. The minimum Gasteiger partial charge on any atom is -0.493 e. The Balaban J connectivity index is 2.17. The van der Waals surface area contributed by atoms with Gasteiger partial charge in [-0.15, -0.1) is 0 Å². The smallest absolute Gasteiger partial charge is 0.392 e. The molecule has 0 aliphatic carbocycles. The fourth-order valence-corrected chi connectivity index (χ4v) is 1.72. The van der Waals surface area contributed by atoms with Crippen molar-refractivity contribution in [3.05, 3.63) is 42.4 Å². The summed E-state index contributed by atoms with van der Waals surface area (Å²) in [6.07, 6.45) is -2.35. The highest BCUT2D eigenvalue weighted by molar-refractivity contribution is 6.07. The quantitative estimate of drug-likeness (QED) is 0.627. The highest BCUT2D eigenvalue weighted by Gasteiger charge is 2.26. The number of Topliss-reactive ketones (excluding diaryl/α,β-unsaturated/α-hetero) is 1. The summed E-state index contributed by atoms with van der Waals surface area (Å²) in [7, 11) is 0. The van der Waals surface area contributed by atoms with Gasteiger partial charge in [0.25, 0.3) is 0 Å². The van der Waals surface area contributed by atoms with Crippen molar-refractivity contribution in [1.29, 1.82) is 0 Å². The van der Waals surface area contributed by atoms with Crippen LogP contribution < -0.4 is 4.74 Å². The number of imidazole rings is 1. The Bertz CT molecular complexity index is 689. The maximum Gasteiger partial charge on any atom is 0.392 e. The molecule has 4 nitrogen and oxygen atoms in total. The normalized spacial score (nSPS) is 11.6. The minimum absolute atomic E-state index is 0.242. The number of carbonyl (C=O) groups is 1. The molecule has 0 radical (unpaired) electrons. The largest absolute Gasteiger partial charge is 0.493 e. The number of aromatic nitrogens is 2. The first-order valence-electron chi connectivity index (χ1n) is 6.15. The van der Waals surface area contributed by atoms with E-state index in [2.05, 4.69) is 11.6 Å². The number of rotatable bonds is 5. The highest BCUT2D eigenvalue weighted by atomic mass is 19.4. The van der Waals surface area contributed by atoms with Gasteiger partial charge in [0.2, 0.25) is 5.78 Å². The summed E-state index contributed by atoms with van der Waals surface area (Å²) >= 11 is 0. The third-order valence-corrected chi connectivity index (χ3v) is 2.76. The standard InChI is InChI=1S/C14H13F3N2O2/c1-9(2)13(20)11-8-18-12-7-10(3-5-19(11)12)21-6-4-14(15,16)17/h3,5,7-8H,1,4,6H2,2H3. The molecule has 0 aliphatic rings. The molecule has 21 heavy (non-hydrogen) atoms. The number of allylic oxidation sites excluding steroid dienone is 1. The van der Waals surface area contributed by atoms with E-state index >= 15 is 0 Å². The molecule has 7 heteroatoms. The van der Waals surface area contributed by atoms with Gasteiger partial charge in [-0.25, -0.2) is 4.98 Å². The van der Waals surface area contributed by atoms with E-state index in [4.69, 9.17) is 4.74 Å². The predicted molar refractivity (Wildman–Crippen MR) is 70.5 cm³/mol. The van der Waals surface area contributed by atoms with Gasteiger partial charge < -0.3 is 4.74 Å². The summed E-state index contributed by atoms with van der Waals surface area (Å²) in [6.45, 7) is 4.71. The number of hydrogen-bond acceptors (Lipinski definition) is 3. The van der Waals surface area contributed by atoms with Crippen LogP contribution in [0, 0.1) is 0 Å². The van der Waals surface area contributed by atoms with Crippen molar-refractivity contribution >= 4 is 11.4 Å². The lowest BCUT2D eigenvalue weighted by atomic mass is 10.2. The molecule has 0 N–H and O–H groups in total. The first-order chi connectivity index (χ1) is 9.78. The second-order valence-corrected chi connectivity index (χ2v) is 4.56. The summed E-state index contributed by atoms with van der Waals surface area (Å²) < 4.78 is 42.7. The van der Waals surface area contributed by atoms with Crippen molar-refractivity contribution in [3.8, 4) is 5.75 Å². The number of hydrogen-bond donors (Lipinski definition) is 0. The van der Waals surface area contributed by atoms with Crippen LogP contribution in [0.3, 0.4) is 0 Å². The average Bonchev–Trinajstić information content (AvgIpc) is 2.79. The van der Waals surface area contributed by atoms with Crippen LogP contribution in [-0.4, -0.2) is 28.0 Å². The molecule has 0 saturated carbocycles. The van der Waals surface area contributed by atoms with Crippen LogP contribution in [0.4, 0.5) is 13.2 Å². The molecule has 0 saturated heterocycles. The van der Waals surface area contributed by atoms with Crippen LogP contribution in [0.25, 0.3) is 5.65 Å². The van der Waals surface area contributed by atoms with E-state index in [1.807, 2.05) is 0 Å². The summed E-state index contributed by atoms with van der Waals surface area (Å²) in [6, 6.07) is 2.96. The first-order valence-corrected chi connectivity index (χ1v) is 6.15. The van der Waals surface area contributed by atoms with Crippen LogP contribution in [0.1, 0.15) is 23.8 Å². The van der Waals surface area contributed by atoms with Crippen molar-refractivity contribution in [2.24, 2.45) is 0 Å². The molecular formula is C14H13F3N2O2. The molecule has 2 aromatic heterocycles. The Hall–Kier alpha value is -2.31. The van der Waals surface area contributed by atoms with Gasteiger partial charge in [0.1, 0.15) is 17.1 Å². The predicted octanol–water partition coefficient (Wildman–Crippen LogP) is 3.42. The fraction of sp³-hybridized carbons (Fsp3) is 0.286. The number of fused-ring (bicyclic) bond motifs is 1. The van der Waals surface area contributed by atoms with Gasteiger partial charge in [0.15, 0.2) is 0 Å². The van der Waals surface area contributed by atoms with Crippen molar-refractivity contribution in [2.45, 2.75) is 19.5 Å². The number of halogens is 3. The van der Waals surface area contributed by atoms with Gasteiger partial charge in [0.05, 0.1) is 19.2 Å². The van der Waals surface area contributed by atoms with Crippen LogP contribution in [0.15, 0.2) is 36.7 Å². The molecular weight excluding hydrogens is 285 g/mol. The molecule has 2 heterocycles. The Labute approximate surface area is 118 Å². The van der Waals surface area contributed by atoms with E-state index in [1.165, 1.54) is 28.9 Å². The number of pyridine rings is 1. The zero-order valence-electron chi connectivity index (χ0n) is 11.3. The molecule has 2 rings (SSSR count). The number of ketones is 1. The van der Waals surface area contributed by atoms with Crippen molar-refractivity contribution in [1.82, 2.24) is 9.38 Å². The monoisotopic (exact) mass is 298 g/mol. The number of ether oxygens (including phenoxy) is 1. The van der Waals surface area contributed by atoms with E-state index in [9.17, 15) is 18.0 Å². The van der Waals surface area contributed by atoms with Crippen molar-refractivity contribution < 1.29 is 22.7 Å². The highest BCUT2D eigenvalue weighted by Crippen LogP contribution is 2.21. The molecule has 0 aromatic carbocycles. The van der Waals surface area contributed by atoms with Crippen molar-refractivity contribution in [3.63, 3.8) is 0 Å². The fourth-order valence-electron chi connectivity index (χ4n) is 1.72. The molecule has 0 unspecified atom stereocenters. The van der Waals surface area contributed by atoms with E-state index < -0.39 is 19.2 Å². The number of carbonyl (C=O) groups excluding carboxylic acids is 1. The lowest BCUT2D eigenvalue weighted by molar-refractivity contribution is -0.139. The lowest BCUT2D eigenvalue weighted by Gasteiger charge is -2.09. The van der Waals surface area contributed by atoms with Gasteiger partial charge in [0, 0.05) is 12.3 Å². The Morgan fingerprint density at radius 3 is 2.81 bits per heavy atom. The molecule has 0 aliphatic heterocycles. The molecule has 0 spiro atoms. The lowest BCUT2D eigenvalue weighted by Crippen LogP contribution is -2.13. The average molecular weight is 298 g/mol. The van der Waals surface area contributed by atoms with Crippen LogP contribution >= 0.6 is 0 Å². The second-order valence-electron chi connectivity index (χ2n) is 4.56. The van der Waals surface area contributed by atoms with Gasteiger partial charge in [-0.3, -0.25) is 9.20 Å². The Morgan fingerprint density at radius 2 is 2.19 bits per heavy atom. The summed E-state index contributed by atoms with van der Waals surface area (Å²) in [5.41, 5.74) is 1.14. The molecule has 2 aromatic rings. The minimum atomic E-state index is -4.25. The van der Waals surface area contributed by atoms with Crippen LogP contribution in [0.2, 0.25) is 0 Å². The Kier molecular flexibility index (Phi) is 4.02. The van der Waals surface area contributed by atoms with E-state index in [1.54, 1.807) is 6.92 Å². The van der Waals surface area contributed by atoms with Crippen molar-refractivity contribution in [2.75, 3.05) is 6.61 Å². The topological polar surface area (TPSA) is 43.6 Å². The van der Waals surface area contributed by atoms with Gasteiger partial charge in [-0.2, -0.15) is 13.2 Å². The van der Waals surface area contributed by atoms with Gasteiger partial charge in [-0.1, -0.05) is 6.58 Å². The number of alkyl halides is 3. The van der Waals surface area contributed by atoms with Crippen LogP contribution in [-0.2, 0) is 0 Å². The maximum atomic E-state index is 12.0. The van der Waals surface area contributed by atoms with E-state index in [-0.39, 0.29) is 11.5 Å². The third-order valence-electron chi connectivity index (χ3n) is 2.76. The zero-order chi connectivity index (χ0) is 15.6. The van der Waals surface area contributed by atoms with E-state index in [0.717, 1.165) is 0 Å². The summed E-state index contributed by atoms with van der Waals surface area (Å²) in [5.74, 6) is 0.0277. The summed E-state index contributed by atoms with van der Waals surface area (Å²) in [5, 5.41) is 0. The molecule has 0 amide bonds. The third kappa shape index (κ3) is 3.62. The SMILES string of the molecule is C=C(C)C(=O)c1cnc2cc(OCCC(F)(F)F)ccn12. The first kappa shape index (κ1) is 15.1. The molecule has 0 fully saturated rings. The maximum absolute atomic E-state index is 12.0. The molecule has 0 atom stereocenters. The zero-order valence-corrected chi connectivity index (χ0v) is 11.3. The van der Waals surface area contributed by atoms with Gasteiger partial charge in [-0.05, 0) is 18.6 Å². The van der Waals surface area contributed by atoms with Gasteiger partial charge >= 0.3 is 6.18 Å². The van der Waals surface area contributed by atoms with Crippen LogP contribution in [0.5, 0.6) is 5.75 Å². The van der Waals surface area contributed by atoms with E-state index in [0.29, 0.717) is 16.9 Å². The second kappa shape index (κ2) is 5.59. The Morgan fingerprint density at radius 1 is 1.48 bits per heavy atom.